The van der Waals surface area contributed by atoms with Crippen molar-refractivity contribution in [3.63, 3.8) is 0 Å². The average molecular weight is 245 g/mol. The van der Waals surface area contributed by atoms with Crippen LogP contribution in [0.3, 0.4) is 0 Å². The molecule has 0 spiro atoms. The number of aromatic nitrogens is 3. The van der Waals surface area contributed by atoms with Gasteiger partial charge in [0.15, 0.2) is 5.65 Å². The number of rotatable bonds is 2. The maximum absolute atomic E-state index is 12.1. The minimum Gasteiger partial charge on any atom is -0.316 e. The van der Waals surface area contributed by atoms with Gasteiger partial charge < -0.3 is 10.6 Å². The number of hydrogen-bond acceptors (Lipinski definition) is 4. The molecule has 1 unspecified atom stereocenters. The molecule has 2 aromatic heterocycles. The lowest BCUT2D eigenvalue weighted by Gasteiger charge is -2.21. The van der Waals surface area contributed by atoms with E-state index < -0.39 is 0 Å². The Bertz CT molecular complexity index is 558. The topological polar surface area (TPSA) is 71.3 Å². The highest BCUT2D eigenvalue weighted by molar-refractivity contribution is 5.92. The Morgan fingerprint density at radius 2 is 2.39 bits per heavy atom. The molecule has 0 saturated carbocycles. The SMILES string of the molecule is O=C(Nc1ccnc2ccnn12)C1CCCNC1. The fourth-order valence-corrected chi connectivity index (χ4v) is 2.23. The highest BCUT2D eigenvalue weighted by Gasteiger charge is 2.21. The van der Waals surface area contributed by atoms with E-state index >= 15 is 0 Å². The molecular weight excluding hydrogens is 230 g/mol. The molecule has 18 heavy (non-hydrogen) atoms. The maximum Gasteiger partial charge on any atom is 0.229 e. The third-order valence-electron chi connectivity index (χ3n) is 3.21. The number of nitrogens with zero attached hydrogens (tertiary/aromatic N) is 3. The van der Waals surface area contributed by atoms with E-state index in [4.69, 9.17) is 0 Å². The fourth-order valence-electron chi connectivity index (χ4n) is 2.23. The zero-order valence-corrected chi connectivity index (χ0v) is 9.97. The van der Waals surface area contributed by atoms with Crippen molar-refractivity contribution in [1.82, 2.24) is 19.9 Å². The van der Waals surface area contributed by atoms with Crippen molar-refractivity contribution in [1.29, 1.82) is 0 Å². The largest absolute Gasteiger partial charge is 0.316 e. The Labute approximate surface area is 104 Å². The van der Waals surface area contributed by atoms with Gasteiger partial charge in [0.05, 0.1) is 12.1 Å². The molecule has 2 N–H and O–H groups in total. The van der Waals surface area contributed by atoms with E-state index in [1.807, 2.05) is 0 Å². The van der Waals surface area contributed by atoms with Gasteiger partial charge in [0.25, 0.3) is 0 Å². The van der Waals surface area contributed by atoms with Gasteiger partial charge >= 0.3 is 0 Å². The molecule has 6 nitrogen and oxygen atoms in total. The number of carbonyl (C=O) groups excluding carboxylic acids is 1. The minimum absolute atomic E-state index is 0.0394. The number of hydrogen-bond donors (Lipinski definition) is 2. The first kappa shape index (κ1) is 11.2. The highest BCUT2D eigenvalue weighted by atomic mass is 16.2. The van der Waals surface area contributed by atoms with E-state index in [1.54, 1.807) is 29.0 Å². The van der Waals surface area contributed by atoms with Gasteiger partial charge in [-0.2, -0.15) is 9.61 Å². The second kappa shape index (κ2) is 4.73. The van der Waals surface area contributed by atoms with E-state index in [0.29, 0.717) is 5.82 Å². The van der Waals surface area contributed by atoms with Crippen LogP contribution in [0.4, 0.5) is 5.82 Å². The molecule has 0 aliphatic carbocycles. The van der Waals surface area contributed by atoms with Crippen molar-refractivity contribution in [2.24, 2.45) is 5.92 Å². The molecule has 1 atom stereocenters. The third-order valence-corrected chi connectivity index (χ3v) is 3.21. The number of fused-ring (bicyclic) bond motifs is 1. The fraction of sp³-hybridized carbons (Fsp3) is 0.417. The zero-order valence-electron chi connectivity index (χ0n) is 9.97. The predicted molar refractivity (Wildman–Crippen MR) is 67.2 cm³/mol. The number of carbonyl (C=O) groups is 1. The van der Waals surface area contributed by atoms with Crippen molar-refractivity contribution in [3.05, 3.63) is 24.5 Å². The molecule has 3 rings (SSSR count). The van der Waals surface area contributed by atoms with Crippen molar-refractivity contribution >= 4 is 17.4 Å². The minimum atomic E-state index is 0.0394. The predicted octanol–water partition coefficient (Wildman–Crippen LogP) is 0.667. The molecule has 1 fully saturated rings. The summed E-state index contributed by atoms with van der Waals surface area (Å²) in [5.41, 5.74) is 0.731. The van der Waals surface area contributed by atoms with Crippen LogP contribution in [-0.2, 0) is 4.79 Å². The number of anilines is 1. The molecule has 0 bridgehead atoms. The Morgan fingerprint density at radius 1 is 1.44 bits per heavy atom. The molecule has 1 aliphatic rings. The summed E-state index contributed by atoms with van der Waals surface area (Å²) in [5.74, 6) is 0.753. The van der Waals surface area contributed by atoms with Crippen molar-refractivity contribution in [3.8, 4) is 0 Å². The number of amides is 1. The van der Waals surface area contributed by atoms with Gasteiger partial charge in [-0.3, -0.25) is 4.79 Å². The van der Waals surface area contributed by atoms with E-state index in [1.165, 1.54) is 0 Å². The van der Waals surface area contributed by atoms with Crippen LogP contribution in [0.15, 0.2) is 24.5 Å². The lowest BCUT2D eigenvalue weighted by Crippen LogP contribution is -2.37. The quantitative estimate of drug-likeness (QED) is 0.815. The molecule has 2 aromatic rings. The number of piperidine rings is 1. The standard InChI is InChI=1S/C12H15N5O/c18-12(9-2-1-5-13-8-9)16-11-3-6-14-10-4-7-15-17(10)11/h3-4,6-7,9,13H,1-2,5,8H2,(H,16,18). The van der Waals surface area contributed by atoms with Crippen LogP contribution in [0.2, 0.25) is 0 Å². The van der Waals surface area contributed by atoms with Crippen molar-refractivity contribution in [2.45, 2.75) is 12.8 Å². The average Bonchev–Trinajstić information content (AvgIpc) is 2.89. The van der Waals surface area contributed by atoms with Crippen LogP contribution in [0.1, 0.15) is 12.8 Å². The molecule has 0 radical (unpaired) electrons. The van der Waals surface area contributed by atoms with Gasteiger partial charge in [0.2, 0.25) is 5.91 Å². The van der Waals surface area contributed by atoms with E-state index in [9.17, 15) is 4.79 Å². The van der Waals surface area contributed by atoms with Gasteiger partial charge in [-0.1, -0.05) is 0 Å². The monoisotopic (exact) mass is 245 g/mol. The van der Waals surface area contributed by atoms with Crippen LogP contribution < -0.4 is 10.6 Å². The molecule has 0 aromatic carbocycles. The second-order valence-electron chi connectivity index (χ2n) is 4.46. The lowest BCUT2D eigenvalue weighted by molar-refractivity contribution is -0.120. The second-order valence-corrected chi connectivity index (χ2v) is 4.46. The number of nitrogens with one attached hydrogen (secondary N) is 2. The Hall–Kier alpha value is -1.95. The summed E-state index contributed by atoms with van der Waals surface area (Å²) in [6.45, 7) is 1.75. The van der Waals surface area contributed by atoms with Gasteiger partial charge in [0.1, 0.15) is 5.82 Å². The first-order valence-corrected chi connectivity index (χ1v) is 6.15. The first-order chi connectivity index (χ1) is 8.84. The molecule has 94 valence electrons. The third kappa shape index (κ3) is 2.06. The highest BCUT2D eigenvalue weighted by Crippen LogP contribution is 2.14. The molecule has 6 heteroatoms. The van der Waals surface area contributed by atoms with Crippen LogP contribution in [0, 0.1) is 5.92 Å². The summed E-state index contributed by atoms with van der Waals surface area (Å²) in [4.78, 5) is 16.3. The van der Waals surface area contributed by atoms with Gasteiger partial charge in [-0.05, 0) is 25.5 Å². The van der Waals surface area contributed by atoms with Gasteiger partial charge in [-0.15, -0.1) is 0 Å². The Balaban J connectivity index is 1.79. The molecule has 1 aliphatic heterocycles. The molecule has 1 saturated heterocycles. The zero-order chi connectivity index (χ0) is 12.4. The van der Waals surface area contributed by atoms with Crippen molar-refractivity contribution in [2.75, 3.05) is 18.4 Å². The van der Waals surface area contributed by atoms with Gasteiger partial charge in [0, 0.05) is 18.8 Å². The van der Waals surface area contributed by atoms with E-state index in [0.717, 1.165) is 31.6 Å². The van der Waals surface area contributed by atoms with Crippen LogP contribution in [0.5, 0.6) is 0 Å². The van der Waals surface area contributed by atoms with E-state index in [2.05, 4.69) is 20.7 Å². The van der Waals surface area contributed by atoms with Gasteiger partial charge in [-0.25, -0.2) is 4.98 Å². The first-order valence-electron chi connectivity index (χ1n) is 6.15. The molecule has 3 heterocycles. The molecular formula is C12H15N5O. The summed E-state index contributed by atoms with van der Waals surface area (Å²) in [5, 5.41) is 10.3. The summed E-state index contributed by atoms with van der Waals surface area (Å²) in [6.07, 6.45) is 5.32. The summed E-state index contributed by atoms with van der Waals surface area (Å²) < 4.78 is 1.63. The maximum atomic E-state index is 12.1. The summed E-state index contributed by atoms with van der Waals surface area (Å²) in [6, 6.07) is 3.56. The van der Waals surface area contributed by atoms with E-state index in [-0.39, 0.29) is 11.8 Å². The Kier molecular flexibility index (Phi) is 2.93. The molecule has 1 amide bonds. The van der Waals surface area contributed by atoms with Crippen molar-refractivity contribution < 1.29 is 4.79 Å². The van der Waals surface area contributed by atoms with Crippen LogP contribution in [-0.4, -0.2) is 33.6 Å². The summed E-state index contributed by atoms with van der Waals surface area (Å²) in [7, 11) is 0. The Morgan fingerprint density at radius 3 is 3.22 bits per heavy atom. The normalized spacial score (nSPS) is 19.9. The van der Waals surface area contributed by atoms with Crippen LogP contribution >= 0.6 is 0 Å². The van der Waals surface area contributed by atoms with Crippen LogP contribution in [0.25, 0.3) is 5.65 Å². The smallest absolute Gasteiger partial charge is 0.229 e. The summed E-state index contributed by atoms with van der Waals surface area (Å²) >= 11 is 0. The lowest BCUT2D eigenvalue weighted by atomic mass is 9.99.